The number of carbonyl (C=O) groups is 1. The van der Waals surface area contributed by atoms with Crippen molar-refractivity contribution in [2.75, 3.05) is 26.3 Å². The number of aliphatic hydroxyl groups is 1. The quantitative estimate of drug-likeness (QED) is 0.830. The Hall–Kier alpha value is -0.610. The topological polar surface area (TPSA) is 49.8 Å². The Morgan fingerprint density at radius 1 is 1.50 bits per heavy atom. The third-order valence-electron chi connectivity index (χ3n) is 4.34. The summed E-state index contributed by atoms with van der Waals surface area (Å²) < 4.78 is 5.29. The molecule has 2 rings (SSSR count). The highest BCUT2D eigenvalue weighted by Gasteiger charge is 2.31. The van der Waals surface area contributed by atoms with Gasteiger partial charge in [-0.1, -0.05) is 13.8 Å². The molecule has 1 N–H and O–H groups in total. The maximum Gasteiger partial charge on any atom is 0.222 e. The molecule has 0 bridgehead atoms. The smallest absolute Gasteiger partial charge is 0.222 e. The summed E-state index contributed by atoms with van der Waals surface area (Å²) in [6.45, 7) is 7.05. The van der Waals surface area contributed by atoms with E-state index in [1.54, 1.807) is 0 Å². The van der Waals surface area contributed by atoms with Crippen molar-refractivity contribution in [3.8, 4) is 0 Å². The Labute approximate surface area is 109 Å². The van der Waals surface area contributed by atoms with Crippen molar-refractivity contribution in [3.05, 3.63) is 0 Å². The van der Waals surface area contributed by atoms with Gasteiger partial charge in [0.25, 0.3) is 0 Å². The van der Waals surface area contributed by atoms with Gasteiger partial charge < -0.3 is 14.7 Å². The second-order valence-electron chi connectivity index (χ2n) is 6.44. The first-order chi connectivity index (χ1) is 8.48. The molecular weight excluding hydrogens is 230 g/mol. The first-order valence-electron chi connectivity index (χ1n) is 7.01. The van der Waals surface area contributed by atoms with Crippen LogP contribution >= 0.6 is 0 Å². The van der Waals surface area contributed by atoms with Gasteiger partial charge >= 0.3 is 0 Å². The largest absolute Gasteiger partial charge is 0.391 e. The highest BCUT2D eigenvalue weighted by molar-refractivity contribution is 5.76. The van der Waals surface area contributed by atoms with Crippen molar-refractivity contribution in [2.24, 2.45) is 11.3 Å². The summed E-state index contributed by atoms with van der Waals surface area (Å²) in [6.07, 6.45) is 3.06. The molecular formula is C14H25NO3. The molecule has 1 amide bonds. The predicted octanol–water partition coefficient (Wildman–Crippen LogP) is 1.42. The highest BCUT2D eigenvalue weighted by atomic mass is 16.5. The zero-order chi connectivity index (χ0) is 13.2. The molecule has 2 heterocycles. The molecule has 0 saturated carbocycles. The average molecular weight is 255 g/mol. The number of ether oxygens (including phenoxy) is 1. The summed E-state index contributed by atoms with van der Waals surface area (Å²) in [5.41, 5.74) is 0.242. The van der Waals surface area contributed by atoms with Gasteiger partial charge in [0.15, 0.2) is 0 Å². The molecule has 18 heavy (non-hydrogen) atoms. The molecule has 2 aliphatic rings. The molecule has 2 fully saturated rings. The number of rotatable bonds is 3. The molecule has 2 aliphatic heterocycles. The molecule has 2 atom stereocenters. The Balaban J connectivity index is 1.89. The SMILES string of the molecule is CC1(C)CCC(=O)N(CC(O)C2CCOC2)CC1. The van der Waals surface area contributed by atoms with E-state index in [4.69, 9.17) is 4.74 Å². The molecule has 2 saturated heterocycles. The molecule has 2 unspecified atom stereocenters. The molecule has 0 aromatic carbocycles. The summed E-state index contributed by atoms with van der Waals surface area (Å²) in [5, 5.41) is 10.2. The van der Waals surface area contributed by atoms with Gasteiger partial charge in [0, 0.05) is 32.0 Å². The predicted molar refractivity (Wildman–Crippen MR) is 69.1 cm³/mol. The van der Waals surface area contributed by atoms with E-state index in [9.17, 15) is 9.90 Å². The van der Waals surface area contributed by atoms with Crippen molar-refractivity contribution < 1.29 is 14.6 Å². The van der Waals surface area contributed by atoms with E-state index in [1.807, 2.05) is 4.90 Å². The second kappa shape index (κ2) is 5.57. The lowest BCUT2D eigenvalue weighted by Crippen LogP contribution is -2.40. The number of β-amino-alcohol motifs (C(OH)–C–C–N with tert-alkyl or cyclic N) is 1. The Morgan fingerprint density at radius 3 is 2.94 bits per heavy atom. The number of likely N-dealkylation sites (tertiary alicyclic amines) is 1. The first-order valence-corrected chi connectivity index (χ1v) is 7.01. The van der Waals surface area contributed by atoms with Crippen LogP contribution in [0.15, 0.2) is 0 Å². The summed E-state index contributed by atoms with van der Waals surface area (Å²) in [5.74, 6) is 0.396. The summed E-state index contributed by atoms with van der Waals surface area (Å²) in [6, 6.07) is 0. The minimum atomic E-state index is -0.433. The number of carbonyl (C=O) groups excluding carboxylic acids is 1. The Bertz CT molecular complexity index is 297. The first kappa shape index (κ1) is 13.8. The summed E-state index contributed by atoms with van der Waals surface area (Å²) >= 11 is 0. The van der Waals surface area contributed by atoms with E-state index >= 15 is 0 Å². The minimum Gasteiger partial charge on any atom is -0.391 e. The molecule has 0 aliphatic carbocycles. The lowest BCUT2D eigenvalue weighted by molar-refractivity contribution is -0.132. The normalized spacial score (nSPS) is 30.3. The molecule has 0 aromatic rings. The van der Waals surface area contributed by atoms with Crippen LogP contribution in [0.2, 0.25) is 0 Å². The van der Waals surface area contributed by atoms with Crippen LogP contribution in [0.3, 0.4) is 0 Å². The third-order valence-corrected chi connectivity index (χ3v) is 4.34. The fourth-order valence-corrected chi connectivity index (χ4v) is 2.71. The van der Waals surface area contributed by atoms with Crippen molar-refractivity contribution in [3.63, 3.8) is 0 Å². The van der Waals surface area contributed by atoms with E-state index in [1.165, 1.54) is 0 Å². The standard InChI is InChI=1S/C14H25NO3/c1-14(2)5-3-13(17)15(7-6-14)9-12(16)11-4-8-18-10-11/h11-12,16H,3-10H2,1-2H3. The van der Waals surface area contributed by atoms with E-state index < -0.39 is 6.10 Å². The second-order valence-corrected chi connectivity index (χ2v) is 6.44. The van der Waals surface area contributed by atoms with Gasteiger partial charge in [0.05, 0.1) is 12.7 Å². The summed E-state index contributed by atoms with van der Waals surface area (Å²) in [4.78, 5) is 13.9. The van der Waals surface area contributed by atoms with E-state index in [-0.39, 0.29) is 17.2 Å². The molecule has 0 spiro atoms. The van der Waals surface area contributed by atoms with Crippen LogP contribution < -0.4 is 0 Å². The monoisotopic (exact) mass is 255 g/mol. The molecule has 104 valence electrons. The Morgan fingerprint density at radius 2 is 2.28 bits per heavy atom. The van der Waals surface area contributed by atoms with Crippen molar-refractivity contribution in [2.45, 2.75) is 45.6 Å². The zero-order valence-electron chi connectivity index (χ0n) is 11.5. The third kappa shape index (κ3) is 3.45. The van der Waals surface area contributed by atoms with Crippen molar-refractivity contribution >= 4 is 5.91 Å². The summed E-state index contributed by atoms with van der Waals surface area (Å²) in [7, 11) is 0. The maximum atomic E-state index is 12.0. The average Bonchev–Trinajstić information content (AvgIpc) is 2.81. The van der Waals surface area contributed by atoms with E-state index in [0.29, 0.717) is 19.6 Å². The van der Waals surface area contributed by atoms with Crippen molar-refractivity contribution in [1.29, 1.82) is 0 Å². The molecule has 4 heteroatoms. The molecule has 0 aromatic heterocycles. The number of nitrogens with zero attached hydrogens (tertiary/aromatic N) is 1. The zero-order valence-corrected chi connectivity index (χ0v) is 11.5. The fraction of sp³-hybridized carbons (Fsp3) is 0.929. The van der Waals surface area contributed by atoms with Crippen molar-refractivity contribution in [1.82, 2.24) is 4.90 Å². The van der Waals surface area contributed by atoms with Gasteiger partial charge in [0.2, 0.25) is 5.91 Å². The van der Waals surface area contributed by atoms with Gasteiger partial charge in [-0.2, -0.15) is 0 Å². The van der Waals surface area contributed by atoms with Gasteiger partial charge in [-0.05, 0) is 24.7 Å². The van der Waals surface area contributed by atoms with Gasteiger partial charge in [-0.25, -0.2) is 0 Å². The lowest BCUT2D eigenvalue weighted by atomic mass is 9.85. The van der Waals surface area contributed by atoms with Crippen LogP contribution in [-0.2, 0) is 9.53 Å². The van der Waals surface area contributed by atoms with E-state index in [2.05, 4.69) is 13.8 Å². The number of hydrogen-bond donors (Lipinski definition) is 1. The van der Waals surface area contributed by atoms with Crippen LogP contribution in [0.4, 0.5) is 0 Å². The van der Waals surface area contributed by atoms with Gasteiger partial charge in [-0.3, -0.25) is 4.79 Å². The lowest BCUT2D eigenvalue weighted by Gasteiger charge is -2.27. The highest BCUT2D eigenvalue weighted by Crippen LogP contribution is 2.30. The maximum absolute atomic E-state index is 12.0. The van der Waals surface area contributed by atoms with Gasteiger partial charge in [-0.15, -0.1) is 0 Å². The van der Waals surface area contributed by atoms with Crippen LogP contribution in [0.25, 0.3) is 0 Å². The number of hydrogen-bond acceptors (Lipinski definition) is 3. The Kier molecular flexibility index (Phi) is 4.28. The van der Waals surface area contributed by atoms with E-state index in [0.717, 1.165) is 32.4 Å². The van der Waals surface area contributed by atoms with Crippen LogP contribution in [0.1, 0.15) is 39.5 Å². The minimum absolute atomic E-state index is 0.193. The molecule has 0 radical (unpaired) electrons. The molecule has 4 nitrogen and oxygen atoms in total. The number of aliphatic hydroxyl groups excluding tert-OH is 1. The van der Waals surface area contributed by atoms with Gasteiger partial charge in [0.1, 0.15) is 0 Å². The number of amides is 1. The fourth-order valence-electron chi connectivity index (χ4n) is 2.71. The van der Waals surface area contributed by atoms with Crippen LogP contribution in [0.5, 0.6) is 0 Å². The van der Waals surface area contributed by atoms with Crippen LogP contribution in [-0.4, -0.2) is 48.3 Å². The van der Waals surface area contributed by atoms with Crippen LogP contribution in [0, 0.1) is 11.3 Å².